The standard InChI is InChI=1S/C15H13FN2O2/c1-15(11-2-4-12(16)5-3-11)7-9-6-10(14(19)20)8-17-13(9)18-15/h2-6,8H,7H2,1H3,(H,17,18)(H,19,20)/t15-/m0/s1. The highest BCUT2D eigenvalue weighted by Crippen LogP contribution is 2.38. The highest BCUT2D eigenvalue weighted by atomic mass is 19.1. The first-order chi connectivity index (χ1) is 9.48. The molecule has 0 amide bonds. The Balaban J connectivity index is 1.96. The SMILES string of the molecule is C[C@@]1(c2ccc(F)cc2)Cc2cc(C(=O)O)cnc2N1. The van der Waals surface area contributed by atoms with Gasteiger partial charge in [0.05, 0.1) is 11.1 Å². The largest absolute Gasteiger partial charge is 0.478 e. The molecule has 0 radical (unpaired) electrons. The number of hydrogen-bond acceptors (Lipinski definition) is 3. The van der Waals surface area contributed by atoms with Crippen LogP contribution in [-0.4, -0.2) is 16.1 Å². The van der Waals surface area contributed by atoms with Crippen molar-refractivity contribution < 1.29 is 14.3 Å². The van der Waals surface area contributed by atoms with Gasteiger partial charge in [-0.2, -0.15) is 0 Å². The molecule has 1 aromatic heterocycles. The Morgan fingerprint density at radius 1 is 1.40 bits per heavy atom. The minimum Gasteiger partial charge on any atom is -0.478 e. The minimum absolute atomic E-state index is 0.175. The van der Waals surface area contributed by atoms with E-state index in [-0.39, 0.29) is 11.4 Å². The van der Waals surface area contributed by atoms with Crippen LogP contribution in [0.2, 0.25) is 0 Å². The number of hydrogen-bond donors (Lipinski definition) is 2. The fraction of sp³-hybridized carbons (Fsp3) is 0.200. The van der Waals surface area contributed by atoms with Crippen LogP contribution in [0.1, 0.15) is 28.4 Å². The van der Waals surface area contributed by atoms with Crippen LogP contribution >= 0.6 is 0 Å². The lowest BCUT2D eigenvalue weighted by Crippen LogP contribution is -2.29. The average Bonchev–Trinajstić information content (AvgIpc) is 2.75. The molecule has 3 rings (SSSR count). The predicted molar refractivity (Wildman–Crippen MR) is 72.3 cm³/mol. The molecule has 0 saturated heterocycles. The number of anilines is 1. The van der Waals surface area contributed by atoms with E-state index < -0.39 is 11.5 Å². The number of nitrogens with one attached hydrogen (secondary N) is 1. The van der Waals surface area contributed by atoms with E-state index >= 15 is 0 Å². The summed E-state index contributed by atoms with van der Waals surface area (Å²) in [5.41, 5.74) is 1.57. The third-order valence-electron chi connectivity index (χ3n) is 3.63. The van der Waals surface area contributed by atoms with Crippen LogP contribution in [0, 0.1) is 5.82 Å². The molecule has 4 nitrogen and oxygen atoms in total. The zero-order valence-electron chi connectivity index (χ0n) is 10.9. The average molecular weight is 272 g/mol. The normalized spacial score (nSPS) is 20.3. The quantitative estimate of drug-likeness (QED) is 0.882. The fourth-order valence-corrected chi connectivity index (χ4v) is 2.55. The van der Waals surface area contributed by atoms with Crippen molar-refractivity contribution in [2.24, 2.45) is 0 Å². The first-order valence-electron chi connectivity index (χ1n) is 6.24. The van der Waals surface area contributed by atoms with E-state index in [1.165, 1.54) is 18.3 Å². The molecule has 0 saturated carbocycles. The second kappa shape index (κ2) is 4.30. The molecule has 0 aliphatic carbocycles. The number of benzene rings is 1. The molecule has 1 aliphatic rings. The van der Waals surface area contributed by atoms with Gasteiger partial charge in [0.25, 0.3) is 0 Å². The van der Waals surface area contributed by atoms with E-state index in [2.05, 4.69) is 10.3 Å². The van der Waals surface area contributed by atoms with Crippen molar-refractivity contribution >= 4 is 11.8 Å². The molecule has 1 aromatic carbocycles. The second-order valence-corrected chi connectivity index (χ2v) is 5.18. The molecule has 0 spiro atoms. The van der Waals surface area contributed by atoms with Gasteiger partial charge in [0, 0.05) is 12.6 Å². The third-order valence-corrected chi connectivity index (χ3v) is 3.63. The van der Waals surface area contributed by atoms with E-state index in [1.54, 1.807) is 18.2 Å². The molecule has 0 bridgehead atoms. The van der Waals surface area contributed by atoms with Crippen LogP contribution in [0.3, 0.4) is 0 Å². The lowest BCUT2D eigenvalue weighted by atomic mass is 9.89. The van der Waals surface area contributed by atoms with Gasteiger partial charge in [-0.3, -0.25) is 0 Å². The lowest BCUT2D eigenvalue weighted by Gasteiger charge is -2.25. The highest BCUT2D eigenvalue weighted by Gasteiger charge is 2.35. The summed E-state index contributed by atoms with van der Waals surface area (Å²) in [6.07, 6.45) is 1.95. The number of aromatic nitrogens is 1. The topological polar surface area (TPSA) is 62.2 Å². The Hall–Kier alpha value is -2.43. The van der Waals surface area contributed by atoms with E-state index in [4.69, 9.17) is 5.11 Å². The lowest BCUT2D eigenvalue weighted by molar-refractivity contribution is 0.0696. The fourth-order valence-electron chi connectivity index (χ4n) is 2.55. The molecule has 2 aromatic rings. The van der Waals surface area contributed by atoms with Gasteiger partial charge in [-0.15, -0.1) is 0 Å². The van der Waals surface area contributed by atoms with Gasteiger partial charge in [-0.25, -0.2) is 14.2 Å². The summed E-state index contributed by atoms with van der Waals surface area (Å²) >= 11 is 0. The first kappa shape index (κ1) is 12.6. The minimum atomic E-state index is -0.990. The molecule has 20 heavy (non-hydrogen) atoms. The number of carbonyl (C=O) groups is 1. The second-order valence-electron chi connectivity index (χ2n) is 5.18. The number of fused-ring (bicyclic) bond motifs is 1. The van der Waals surface area contributed by atoms with Gasteiger partial charge in [-0.05, 0) is 36.2 Å². The molecule has 2 N–H and O–H groups in total. The number of pyridine rings is 1. The maximum atomic E-state index is 13.0. The molecule has 1 aliphatic heterocycles. The summed E-state index contributed by atoms with van der Waals surface area (Å²) in [6.45, 7) is 1.99. The van der Waals surface area contributed by atoms with E-state index in [0.717, 1.165) is 11.1 Å². The van der Waals surface area contributed by atoms with Crippen molar-refractivity contribution in [1.29, 1.82) is 0 Å². The Morgan fingerprint density at radius 3 is 2.75 bits per heavy atom. The number of carboxylic acid groups (broad SMARTS) is 1. The summed E-state index contributed by atoms with van der Waals surface area (Å²) in [6, 6.07) is 7.92. The van der Waals surface area contributed by atoms with Gasteiger partial charge < -0.3 is 10.4 Å². The van der Waals surface area contributed by atoms with Gasteiger partial charge in [0.15, 0.2) is 0 Å². The molecule has 0 fully saturated rings. The molecule has 5 heteroatoms. The Bertz CT molecular complexity index is 685. The van der Waals surface area contributed by atoms with Crippen molar-refractivity contribution in [1.82, 2.24) is 4.98 Å². The van der Waals surface area contributed by atoms with Crippen molar-refractivity contribution in [2.75, 3.05) is 5.32 Å². The van der Waals surface area contributed by atoms with Crippen LogP contribution in [-0.2, 0) is 12.0 Å². The summed E-state index contributed by atoms with van der Waals surface area (Å²) in [7, 11) is 0. The van der Waals surface area contributed by atoms with Gasteiger partial charge in [0.1, 0.15) is 11.6 Å². The number of carboxylic acids is 1. The number of halogens is 1. The van der Waals surface area contributed by atoms with E-state index in [1.807, 2.05) is 6.92 Å². The van der Waals surface area contributed by atoms with E-state index in [0.29, 0.717) is 12.2 Å². The Kier molecular flexibility index (Phi) is 2.71. The van der Waals surface area contributed by atoms with Crippen molar-refractivity contribution in [3.63, 3.8) is 0 Å². The first-order valence-corrected chi connectivity index (χ1v) is 6.24. The van der Waals surface area contributed by atoms with Crippen LogP contribution in [0.4, 0.5) is 10.2 Å². The van der Waals surface area contributed by atoms with Crippen LogP contribution in [0.5, 0.6) is 0 Å². The van der Waals surface area contributed by atoms with Gasteiger partial charge >= 0.3 is 5.97 Å². The summed E-state index contributed by atoms with van der Waals surface area (Å²) in [4.78, 5) is 15.1. The van der Waals surface area contributed by atoms with Crippen LogP contribution in [0.15, 0.2) is 36.5 Å². The van der Waals surface area contributed by atoms with Gasteiger partial charge in [-0.1, -0.05) is 12.1 Å². The monoisotopic (exact) mass is 272 g/mol. The Morgan fingerprint density at radius 2 is 2.10 bits per heavy atom. The van der Waals surface area contributed by atoms with Crippen molar-refractivity contribution in [3.05, 3.63) is 59.0 Å². The van der Waals surface area contributed by atoms with Crippen LogP contribution in [0.25, 0.3) is 0 Å². The predicted octanol–water partition coefficient (Wildman–Crippen LogP) is 2.80. The zero-order chi connectivity index (χ0) is 14.3. The molecule has 102 valence electrons. The van der Waals surface area contributed by atoms with Crippen molar-refractivity contribution in [2.45, 2.75) is 18.9 Å². The van der Waals surface area contributed by atoms with Crippen molar-refractivity contribution in [3.8, 4) is 0 Å². The number of nitrogens with zero attached hydrogens (tertiary/aromatic N) is 1. The summed E-state index contributed by atoms with van der Waals surface area (Å²) in [5.74, 6) is -0.586. The Labute approximate surface area is 115 Å². The maximum Gasteiger partial charge on any atom is 0.337 e. The smallest absolute Gasteiger partial charge is 0.337 e. The highest BCUT2D eigenvalue weighted by molar-refractivity contribution is 5.88. The summed E-state index contributed by atoms with van der Waals surface area (Å²) < 4.78 is 13.0. The molecule has 1 atom stereocenters. The zero-order valence-corrected chi connectivity index (χ0v) is 10.9. The third kappa shape index (κ3) is 2.01. The molecular weight excluding hydrogens is 259 g/mol. The maximum absolute atomic E-state index is 13.0. The molecule has 0 unspecified atom stereocenters. The van der Waals surface area contributed by atoms with E-state index in [9.17, 15) is 9.18 Å². The molecular formula is C15H13FN2O2. The summed E-state index contributed by atoms with van der Waals surface area (Å²) in [5, 5.41) is 12.3. The van der Waals surface area contributed by atoms with Crippen LogP contribution < -0.4 is 5.32 Å². The van der Waals surface area contributed by atoms with Gasteiger partial charge in [0.2, 0.25) is 0 Å². The number of aromatic carboxylic acids is 1. The number of rotatable bonds is 2. The molecule has 2 heterocycles.